The number of hydrogen-bond acceptors (Lipinski definition) is 14. The second-order valence-corrected chi connectivity index (χ2v) is 11.5. The molecule has 2 aromatic heterocycles. The highest BCUT2D eigenvalue weighted by atomic mass is 32.2. The second kappa shape index (κ2) is 14.0. The van der Waals surface area contributed by atoms with E-state index < -0.39 is 43.7 Å². The maximum absolute atomic E-state index is 13.5. The number of aliphatic hydroxyl groups is 1. The molecule has 0 atom stereocenters. The number of esters is 2. The van der Waals surface area contributed by atoms with Gasteiger partial charge < -0.3 is 14.6 Å². The summed E-state index contributed by atoms with van der Waals surface area (Å²) in [6, 6.07) is 14.9. The van der Waals surface area contributed by atoms with Crippen molar-refractivity contribution in [2.75, 3.05) is 18.5 Å². The maximum atomic E-state index is 13.5. The molecule has 1 amide bonds. The first-order chi connectivity index (χ1) is 21.4. The Hall–Kier alpha value is -5.33. The largest absolute Gasteiger partial charge is 0.510 e. The predicted octanol–water partition coefficient (Wildman–Crippen LogP) is 3.90. The fraction of sp³-hybridized carbons (Fsp3) is 0.185. The highest BCUT2D eigenvalue weighted by Gasteiger charge is 2.31. The molecule has 0 unspecified atom stereocenters. The first-order valence-corrected chi connectivity index (χ1v) is 15.4. The Labute approximate surface area is 260 Å². The van der Waals surface area contributed by atoms with Crippen LogP contribution < -0.4 is 10.5 Å². The van der Waals surface area contributed by atoms with Gasteiger partial charge in [-0.3, -0.25) is 10.1 Å². The zero-order valence-electron chi connectivity index (χ0n) is 24.0. The van der Waals surface area contributed by atoms with Crippen LogP contribution in [0.1, 0.15) is 41.6 Å². The van der Waals surface area contributed by atoms with Crippen LogP contribution in [0.5, 0.6) is 0 Å². The number of primary sulfonamides is 1. The molecule has 4 rings (SSSR count). The molecule has 0 aliphatic heterocycles. The van der Waals surface area contributed by atoms with Gasteiger partial charge in [0.05, 0.1) is 30.3 Å². The molecule has 45 heavy (non-hydrogen) atoms. The van der Waals surface area contributed by atoms with E-state index in [1.54, 1.807) is 62.4 Å². The molecule has 4 aromatic rings. The van der Waals surface area contributed by atoms with Gasteiger partial charge in [0.15, 0.2) is 5.69 Å². The molecule has 0 fully saturated rings. The molecule has 0 aliphatic carbocycles. The van der Waals surface area contributed by atoms with Crippen LogP contribution in [0.25, 0.3) is 16.9 Å². The van der Waals surface area contributed by atoms with E-state index in [-0.39, 0.29) is 41.0 Å². The maximum Gasteiger partial charge on any atom is 0.362 e. The van der Waals surface area contributed by atoms with Crippen LogP contribution in [0.15, 0.2) is 80.6 Å². The number of anilines is 1. The SMILES string of the molecule is CCOC(=O)C(N=Nc1cccc(-n2nc(C(=O)Nc3nnc(S(N)(=O)=O)s3)c(C(=O)OCC)c2-c2ccccc2)c1)=C(C)O. The number of hydrogen-bond donors (Lipinski definition) is 3. The van der Waals surface area contributed by atoms with E-state index in [1.807, 2.05) is 0 Å². The van der Waals surface area contributed by atoms with Gasteiger partial charge in [0.25, 0.3) is 15.9 Å². The van der Waals surface area contributed by atoms with Crippen LogP contribution in [0.4, 0.5) is 10.8 Å². The Balaban J connectivity index is 1.86. The number of rotatable bonds is 11. The third-order valence-corrected chi connectivity index (χ3v) is 7.80. The molecule has 18 heteroatoms. The lowest BCUT2D eigenvalue weighted by Crippen LogP contribution is -2.17. The molecule has 0 radical (unpaired) electrons. The van der Waals surface area contributed by atoms with Gasteiger partial charge >= 0.3 is 11.9 Å². The van der Waals surface area contributed by atoms with E-state index in [1.165, 1.54) is 17.7 Å². The molecule has 0 aliphatic rings. The zero-order chi connectivity index (χ0) is 32.7. The Morgan fingerprint density at radius 2 is 1.76 bits per heavy atom. The summed E-state index contributed by atoms with van der Waals surface area (Å²) in [6.45, 7) is 4.52. The highest BCUT2D eigenvalue weighted by Crippen LogP contribution is 2.32. The topological polar surface area (TPSA) is 230 Å². The molecule has 2 heterocycles. The number of carbonyl (C=O) groups excluding carboxylic acids is 3. The first-order valence-electron chi connectivity index (χ1n) is 13.1. The van der Waals surface area contributed by atoms with Gasteiger partial charge in [-0.2, -0.15) is 10.2 Å². The van der Waals surface area contributed by atoms with E-state index in [9.17, 15) is 27.9 Å². The summed E-state index contributed by atoms with van der Waals surface area (Å²) in [5.74, 6) is -3.02. The van der Waals surface area contributed by atoms with Gasteiger partial charge in [-0.15, -0.1) is 15.3 Å². The molecule has 4 N–H and O–H groups in total. The average Bonchev–Trinajstić information content (AvgIpc) is 3.64. The number of benzene rings is 2. The number of nitrogens with two attached hydrogens (primary N) is 1. The number of ether oxygens (including phenoxy) is 2. The zero-order valence-corrected chi connectivity index (χ0v) is 25.6. The van der Waals surface area contributed by atoms with E-state index >= 15 is 0 Å². The van der Waals surface area contributed by atoms with Crippen molar-refractivity contribution in [3.05, 3.63) is 77.3 Å². The van der Waals surface area contributed by atoms with Crippen molar-refractivity contribution in [1.29, 1.82) is 0 Å². The minimum Gasteiger partial charge on any atom is -0.510 e. The lowest BCUT2D eigenvalue weighted by Gasteiger charge is -2.10. The van der Waals surface area contributed by atoms with Crippen LogP contribution in [-0.2, 0) is 24.3 Å². The summed E-state index contributed by atoms with van der Waals surface area (Å²) < 4.78 is 34.2. The monoisotopic (exact) mass is 654 g/mol. The van der Waals surface area contributed by atoms with Crippen LogP contribution in [-0.4, -0.2) is 64.6 Å². The Kier molecular flexibility index (Phi) is 10.1. The van der Waals surface area contributed by atoms with Gasteiger partial charge in [-0.1, -0.05) is 47.7 Å². The molecular formula is C27H26N8O8S2. The number of aromatic nitrogens is 4. The quantitative estimate of drug-likeness (QED) is 0.0690. The molecule has 2 aromatic carbocycles. The van der Waals surface area contributed by atoms with E-state index in [0.29, 0.717) is 22.6 Å². The van der Waals surface area contributed by atoms with Gasteiger partial charge in [0, 0.05) is 5.56 Å². The van der Waals surface area contributed by atoms with Crippen molar-refractivity contribution in [3.8, 4) is 16.9 Å². The van der Waals surface area contributed by atoms with Crippen molar-refractivity contribution >= 4 is 50.0 Å². The third-order valence-electron chi connectivity index (χ3n) is 5.65. The molecule has 0 saturated carbocycles. The van der Waals surface area contributed by atoms with Gasteiger partial charge in [-0.05, 0) is 39.0 Å². The van der Waals surface area contributed by atoms with E-state index in [2.05, 4.69) is 30.8 Å². The lowest BCUT2D eigenvalue weighted by molar-refractivity contribution is -0.138. The number of aliphatic hydroxyl groups excluding tert-OH is 1. The fourth-order valence-corrected chi connectivity index (χ4v) is 5.14. The summed E-state index contributed by atoms with van der Waals surface area (Å²) in [6.07, 6.45) is 0. The van der Waals surface area contributed by atoms with E-state index in [4.69, 9.17) is 14.6 Å². The van der Waals surface area contributed by atoms with Gasteiger partial charge in [-0.25, -0.2) is 27.8 Å². The summed E-state index contributed by atoms with van der Waals surface area (Å²) >= 11 is 0.513. The first kappa shape index (κ1) is 32.6. The molecule has 16 nitrogen and oxygen atoms in total. The van der Waals surface area contributed by atoms with Crippen LogP contribution in [0.2, 0.25) is 0 Å². The minimum atomic E-state index is -4.17. The molecule has 0 bridgehead atoms. The Morgan fingerprint density at radius 1 is 1.04 bits per heavy atom. The smallest absolute Gasteiger partial charge is 0.362 e. The molecule has 0 saturated heterocycles. The predicted molar refractivity (Wildman–Crippen MR) is 161 cm³/mol. The number of nitrogens with zero attached hydrogens (tertiary/aromatic N) is 6. The Bertz CT molecular complexity index is 1910. The average molecular weight is 655 g/mol. The summed E-state index contributed by atoms with van der Waals surface area (Å²) in [5.41, 5.74) is 0.284. The van der Waals surface area contributed by atoms with Crippen LogP contribution in [0.3, 0.4) is 0 Å². The van der Waals surface area contributed by atoms with Crippen molar-refractivity contribution in [3.63, 3.8) is 0 Å². The highest BCUT2D eigenvalue weighted by molar-refractivity contribution is 7.91. The van der Waals surface area contributed by atoms with Crippen molar-refractivity contribution < 1.29 is 37.4 Å². The fourth-order valence-electron chi connectivity index (χ4n) is 3.81. The number of amides is 1. The Morgan fingerprint density at radius 3 is 2.38 bits per heavy atom. The summed E-state index contributed by atoms with van der Waals surface area (Å²) in [5, 5.41) is 36.6. The second-order valence-electron chi connectivity index (χ2n) is 8.82. The molecule has 0 spiro atoms. The number of carbonyl (C=O) groups is 3. The minimum absolute atomic E-state index is 0.0100. The number of nitrogens with one attached hydrogen (secondary N) is 1. The van der Waals surface area contributed by atoms with Crippen molar-refractivity contribution in [2.24, 2.45) is 15.4 Å². The van der Waals surface area contributed by atoms with Crippen molar-refractivity contribution in [1.82, 2.24) is 20.0 Å². The third kappa shape index (κ3) is 7.61. The lowest BCUT2D eigenvalue weighted by atomic mass is 10.0. The van der Waals surface area contributed by atoms with E-state index in [0.717, 1.165) is 0 Å². The van der Waals surface area contributed by atoms with Gasteiger partial charge in [0.2, 0.25) is 15.2 Å². The standard InChI is InChI=1S/C27H26N8O8S2/c1-4-42-24(38)19-21(23(37)29-26-32-33-27(44-26)45(28,40)41)34-35(22(19)16-10-7-6-8-11-16)18-13-9-12-17(14-18)30-31-20(15(3)36)25(39)43-5-2/h6-14,36H,4-5H2,1-3H3,(H2,28,40,41)(H,29,32,37). The summed E-state index contributed by atoms with van der Waals surface area (Å²) in [4.78, 5) is 39.0. The number of allylic oxidation sites excluding steroid dienone is 1. The van der Waals surface area contributed by atoms with Crippen molar-refractivity contribution in [2.45, 2.75) is 25.1 Å². The van der Waals surface area contributed by atoms with Crippen LogP contribution >= 0.6 is 11.3 Å². The van der Waals surface area contributed by atoms with Crippen LogP contribution in [0, 0.1) is 0 Å². The molecule has 234 valence electrons. The normalized spacial score (nSPS) is 12.1. The number of sulfonamides is 1. The number of azo groups is 1. The molecular weight excluding hydrogens is 628 g/mol. The summed E-state index contributed by atoms with van der Waals surface area (Å²) in [7, 11) is -4.17. The van der Waals surface area contributed by atoms with Gasteiger partial charge in [0.1, 0.15) is 11.3 Å².